The Morgan fingerprint density at radius 3 is 1.96 bits per heavy atom. The summed E-state index contributed by atoms with van der Waals surface area (Å²) in [5, 5.41) is 4.97. The zero-order valence-electron chi connectivity index (χ0n) is 24.9. The highest BCUT2D eigenvalue weighted by molar-refractivity contribution is 6.07. The number of rotatable bonds is 1. The Bertz CT molecular complexity index is 2620. The molecule has 46 heavy (non-hydrogen) atoms. The first-order chi connectivity index (χ1) is 22.8. The van der Waals surface area contributed by atoms with Crippen LogP contribution in [0.3, 0.4) is 0 Å². The average Bonchev–Trinajstić information content (AvgIpc) is 3.59. The number of hydrogen-bond acceptors (Lipinski definition) is 1. The Kier molecular flexibility index (Phi) is 4.57. The van der Waals surface area contributed by atoms with Gasteiger partial charge in [0.15, 0.2) is 0 Å². The number of ether oxygens (including phenoxy) is 1. The van der Waals surface area contributed by atoms with E-state index in [0.717, 1.165) is 22.6 Å². The van der Waals surface area contributed by atoms with Gasteiger partial charge in [-0.15, -0.1) is 0 Å². The van der Waals surface area contributed by atoms with Gasteiger partial charge in [-0.3, -0.25) is 0 Å². The monoisotopic (exact) mass is 582 g/mol. The van der Waals surface area contributed by atoms with Crippen LogP contribution in [0.25, 0.3) is 66.1 Å². The predicted octanol–water partition coefficient (Wildman–Crippen LogP) is 11.8. The van der Waals surface area contributed by atoms with Gasteiger partial charge in [0.1, 0.15) is 11.5 Å². The normalized spacial score (nSPS) is 16.1. The summed E-state index contributed by atoms with van der Waals surface area (Å²) in [5.41, 5.74) is 14.9. The fraction of sp³-hybridized carbons (Fsp3) is 0.0222. The van der Waals surface area contributed by atoms with Gasteiger partial charge < -0.3 is 4.74 Å². The molecule has 3 aliphatic rings. The van der Waals surface area contributed by atoms with Crippen molar-refractivity contribution >= 4 is 21.5 Å². The molecule has 11 rings (SSSR count). The first-order valence-corrected chi connectivity index (χ1v) is 16.0. The van der Waals surface area contributed by atoms with E-state index in [1.54, 1.807) is 0 Å². The van der Waals surface area contributed by atoms with Crippen LogP contribution in [-0.4, -0.2) is 0 Å². The van der Waals surface area contributed by atoms with Crippen LogP contribution < -0.4 is 4.74 Å². The van der Waals surface area contributed by atoms with Crippen LogP contribution in [0.5, 0.6) is 11.5 Å². The summed E-state index contributed by atoms with van der Waals surface area (Å²) < 4.78 is 6.79. The molecule has 2 aliphatic carbocycles. The summed E-state index contributed by atoms with van der Waals surface area (Å²) in [6, 6.07) is 58.2. The lowest BCUT2D eigenvalue weighted by Crippen LogP contribution is -2.25. The topological polar surface area (TPSA) is 9.23 Å². The van der Waals surface area contributed by atoms with Gasteiger partial charge in [-0.1, -0.05) is 146 Å². The van der Waals surface area contributed by atoms with Gasteiger partial charge in [-0.05, 0) is 83.9 Å². The fourth-order valence-corrected chi connectivity index (χ4v) is 8.89. The fourth-order valence-electron chi connectivity index (χ4n) is 8.89. The van der Waals surface area contributed by atoms with Gasteiger partial charge in [-0.2, -0.15) is 0 Å². The minimum Gasteiger partial charge on any atom is -0.455 e. The lowest BCUT2D eigenvalue weighted by atomic mass is 9.70. The summed E-state index contributed by atoms with van der Waals surface area (Å²) >= 11 is 0. The van der Waals surface area contributed by atoms with Crippen molar-refractivity contribution in [2.45, 2.75) is 5.41 Å². The molecule has 0 bridgehead atoms. The maximum atomic E-state index is 6.79. The molecule has 0 amide bonds. The smallest absolute Gasteiger partial charge is 0.143 e. The Morgan fingerprint density at radius 1 is 0.391 bits per heavy atom. The van der Waals surface area contributed by atoms with Gasteiger partial charge in [-0.25, -0.2) is 0 Å². The van der Waals surface area contributed by atoms with Crippen molar-refractivity contribution in [3.05, 3.63) is 180 Å². The quantitative estimate of drug-likeness (QED) is 0.187. The number of hydrogen-bond donors (Lipinski definition) is 0. The molecular weight excluding hydrogens is 556 g/mol. The molecule has 1 aliphatic heterocycles. The van der Waals surface area contributed by atoms with E-state index in [9.17, 15) is 0 Å². The molecule has 0 fully saturated rings. The van der Waals surface area contributed by atoms with Crippen LogP contribution in [0.1, 0.15) is 22.3 Å². The first-order valence-electron chi connectivity index (χ1n) is 16.0. The van der Waals surface area contributed by atoms with Crippen molar-refractivity contribution in [1.29, 1.82) is 0 Å². The first kappa shape index (κ1) is 24.4. The molecule has 1 heterocycles. The summed E-state index contributed by atoms with van der Waals surface area (Å²) in [5.74, 6) is 1.85. The molecule has 0 N–H and O–H groups in total. The van der Waals surface area contributed by atoms with Crippen LogP contribution in [0.4, 0.5) is 0 Å². The van der Waals surface area contributed by atoms with Crippen LogP contribution in [0.2, 0.25) is 0 Å². The van der Waals surface area contributed by atoms with Crippen molar-refractivity contribution < 1.29 is 4.74 Å². The zero-order chi connectivity index (χ0) is 30.0. The van der Waals surface area contributed by atoms with E-state index in [1.807, 2.05) is 0 Å². The van der Waals surface area contributed by atoms with Crippen molar-refractivity contribution in [1.82, 2.24) is 0 Å². The van der Waals surface area contributed by atoms with Crippen LogP contribution >= 0.6 is 0 Å². The lowest BCUT2D eigenvalue weighted by molar-refractivity contribution is 0.489. The standard InChI is InChI=1S/C45H26O/c1-2-13-30-27(10-1)23-25-39-43(30)36-15-4-6-20-38(36)45(39)37-19-5-3-14-32(37)33-24-22-29(26-40(33)45)31-16-9-18-35-34-17-7-11-28-12-8-21-41(42(28)34)46-44(31)35/h1-26H. The summed E-state index contributed by atoms with van der Waals surface area (Å²) in [6.07, 6.45) is 0. The van der Waals surface area contributed by atoms with Gasteiger partial charge in [0.25, 0.3) is 0 Å². The minimum absolute atomic E-state index is 0.411. The predicted molar refractivity (Wildman–Crippen MR) is 189 cm³/mol. The Hall–Kier alpha value is -5.92. The molecule has 1 spiro atoms. The number of fused-ring (bicyclic) bond motifs is 14. The second kappa shape index (κ2) is 8.62. The van der Waals surface area contributed by atoms with E-state index < -0.39 is 5.41 Å². The van der Waals surface area contributed by atoms with Gasteiger partial charge in [0.2, 0.25) is 0 Å². The Morgan fingerprint density at radius 2 is 1.04 bits per heavy atom. The van der Waals surface area contributed by atoms with Crippen molar-refractivity contribution in [2.24, 2.45) is 0 Å². The van der Waals surface area contributed by atoms with E-state index in [1.165, 1.54) is 77.2 Å². The van der Waals surface area contributed by atoms with E-state index in [0.29, 0.717) is 0 Å². The molecule has 8 aromatic rings. The number of benzene rings is 8. The van der Waals surface area contributed by atoms with Crippen molar-refractivity contribution in [3.63, 3.8) is 0 Å². The van der Waals surface area contributed by atoms with Gasteiger partial charge >= 0.3 is 0 Å². The van der Waals surface area contributed by atoms with Gasteiger partial charge in [0.05, 0.1) is 5.41 Å². The number of para-hydroxylation sites is 1. The summed E-state index contributed by atoms with van der Waals surface area (Å²) in [4.78, 5) is 0. The van der Waals surface area contributed by atoms with E-state index in [-0.39, 0.29) is 0 Å². The van der Waals surface area contributed by atoms with E-state index in [4.69, 9.17) is 4.74 Å². The molecule has 1 atom stereocenters. The zero-order valence-corrected chi connectivity index (χ0v) is 24.9. The van der Waals surface area contributed by atoms with Crippen molar-refractivity contribution in [2.75, 3.05) is 0 Å². The molecule has 8 aromatic carbocycles. The Labute approximate surface area is 267 Å². The van der Waals surface area contributed by atoms with Crippen LogP contribution in [0, 0.1) is 0 Å². The molecule has 1 unspecified atom stereocenters. The highest BCUT2D eigenvalue weighted by atomic mass is 16.5. The second-order valence-corrected chi connectivity index (χ2v) is 12.8. The Balaban J connectivity index is 1.22. The molecule has 0 saturated carbocycles. The lowest BCUT2D eigenvalue weighted by Gasteiger charge is -2.31. The van der Waals surface area contributed by atoms with Gasteiger partial charge in [0, 0.05) is 16.5 Å². The SMILES string of the molecule is c1ccc2c(c1)-c1ccc(-c3cccc4c3Oc3cccc5cccc-4c35)cc1C21c2ccccc2-c2c1ccc1ccccc21. The third-order valence-electron chi connectivity index (χ3n) is 10.7. The molecule has 0 radical (unpaired) electrons. The largest absolute Gasteiger partial charge is 0.455 e. The van der Waals surface area contributed by atoms with E-state index in [2.05, 4.69) is 158 Å². The van der Waals surface area contributed by atoms with Crippen molar-refractivity contribution in [3.8, 4) is 56.0 Å². The highest BCUT2D eigenvalue weighted by Crippen LogP contribution is 2.64. The average molecular weight is 583 g/mol. The molecule has 1 nitrogen and oxygen atoms in total. The molecular formula is C45H26O. The molecule has 1 heteroatoms. The third-order valence-corrected chi connectivity index (χ3v) is 10.7. The maximum Gasteiger partial charge on any atom is 0.143 e. The molecule has 0 aromatic heterocycles. The summed E-state index contributed by atoms with van der Waals surface area (Å²) in [7, 11) is 0. The van der Waals surface area contributed by atoms with E-state index >= 15 is 0 Å². The second-order valence-electron chi connectivity index (χ2n) is 12.8. The molecule has 212 valence electrons. The molecule has 0 saturated heterocycles. The van der Waals surface area contributed by atoms with Crippen LogP contribution in [0.15, 0.2) is 158 Å². The van der Waals surface area contributed by atoms with Crippen LogP contribution in [-0.2, 0) is 5.41 Å². The summed E-state index contributed by atoms with van der Waals surface area (Å²) in [6.45, 7) is 0. The highest BCUT2D eigenvalue weighted by Gasteiger charge is 2.52. The maximum absolute atomic E-state index is 6.79. The third kappa shape index (κ3) is 2.87. The minimum atomic E-state index is -0.411.